The van der Waals surface area contributed by atoms with E-state index in [0.717, 1.165) is 11.1 Å². The monoisotopic (exact) mass is 399 g/mol. The summed E-state index contributed by atoms with van der Waals surface area (Å²) < 4.78 is 11.5. The van der Waals surface area contributed by atoms with Crippen LogP contribution in [0.4, 0.5) is 0 Å². The molecule has 7 heteroatoms. The van der Waals surface area contributed by atoms with E-state index in [4.69, 9.17) is 9.47 Å². The van der Waals surface area contributed by atoms with Gasteiger partial charge in [0, 0.05) is 5.56 Å². The first-order chi connectivity index (χ1) is 13.8. The maximum absolute atomic E-state index is 11.7. The summed E-state index contributed by atoms with van der Waals surface area (Å²) in [6, 6.07) is 12.8. The number of nitrogens with one attached hydrogen (secondary N) is 1. The zero-order valence-electron chi connectivity index (χ0n) is 16.4. The minimum Gasteiger partial charge on any atom is -0.480 e. The summed E-state index contributed by atoms with van der Waals surface area (Å²) in [5.74, 6) is -0.631. The third-order valence-corrected chi connectivity index (χ3v) is 4.71. The predicted octanol–water partition coefficient (Wildman–Crippen LogP) is 3.24. The zero-order valence-corrected chi connectivity index (χ0v) is 16.4. The highest BCUT2D eigenvalue weighted by Gasteiger charge is 2.28. The fraction of sp³-hybridized carbons (Fsp3) is 0.364. The number of carboxylic acid groups (broad SMARTS) is 2. The molecule has 0 saturated carbocycles. The molecule has 3 rings (SSSR count). The van der Waals surface area contributed by atoms with Crippen LogP contribution < -0.4 is 14.8 Å². The molecule has 2 unspecified atom stereocenters. The zero-order chi connectivity index (χ0) is 21.0. The number of carboxylic acids is 2. The van der Waals surface area contributed by atoms with E-state index in [1.54, 1.807) is 12.1 Å². The highest BCUT2D eigenvalue weighted by atomic mass is 16.7. The summed E-state index contributed by atoms with van der Waals surface area (Å²) >= 11 is 0. The third-order valence-electron chi connectivity index (χ3n) is 4.71. The van der Waals surface area contributed by atoms with E-state index in [9.17, 15) is 19.8 Å². The number of aliphatic carboxylic acids is 2. The van der Waals surface area contributed by atoms with Gasteiger partial charge in [-0.05, 0) is 36.5 Å². The SMILES string of the molecule is CC(C)CC(NC(Cc1ccc(C2Oc3ccccc3O2)cc1)C(=O)O)C(=O)O. The van der Waals surface area contributed by atoms with Crippen molar-refractivity contribution in [2.75, 3.05) is 0 Å². The van der Waals surface area contributed by atoms with Gasteiger partial charge in [0.1, 0.15) is 12.1 Å². The average Bonchev–Trinajstić information content (AvgIpc) is 3.11. The molecular formula is C22H25NO6. The molecule has 0 fully saturated rings. The molecule has 1 aliphatic heterocycles. The van der Waals surface area contributed by atoms with Crippen molar-refractivity contribution in [2.45, 2.75) is 45.1 Å². The Labute approximate surface area is 169 Å². The van der Waals surface area contributed by atoms with E-state index in [1.165, 1.54) is 0 Å². The fourth-order valence-electron chi connectivity index (χ4n) is 3.25. The highest BCUT2D eigenvalue weighted by molar-refractivity contribution is 5.77. The van der Waals surface area contributed by atoms with Gasteiger partial charge in [-0.3, -0.25) is 14.9 Å². The second kappa shape index (κ2) is 8.96. The predicted molar refractivity (Wildman–Crippen MR) is 106 cm³/mol. The summed E-state index contributed by atoms with van der Waals surface area (Å²) in [5, 5.41) is 21.7. The van der Waals surface area contributed by atoms with Crippen LogP contribution in [0.15, 0.2) is 48.5 Å². The van der Waals surface area contributed by atoms with Gasteiger partial charge >= 0.3 is 11.9 Å². The van der Waals surface area contributed by atoms with Gasteiger partial charge < -0.3 is 19.7 Å². The molecule has 29 heavy (non-hydrogen) atoms. The second-order valence-corrected chi connectivity index (χ2v) is 7.54. The largest absolute Gasteiger partial charge is 0.480 e. The fourth-order valence-corrected chi connectivity index (χ4v) is 3.25. The molecule has 154 valence electrons. The Hall–Kier alpha value is -3.06. The van der Waals surface area contributed by atoms with Crippen molar-refractivity contribution in [1.82, 2.24) is 5.32 Å². The van der Waals surface area contributed by atoms with Crippen LogP contribution >= 0.6 is 0 Å². The number of hydrogen-bond donors (Lipinski definition) is 3. The molecule has 0 saturated heterocycles. The molecule has 0 aliphatic carbocycles. The van der Waals surface area contributed by atoms with Crippen molar-refractivity contribution in [1.29, 1.82) is 0 Å². The number of hydrogen-bond acceptors (Lipinski definition) is 5. The van der Waals surface area contributed by atoms with Crippen LogP contribution in [-0.4, -0.2) is 34.2 Å². The Morgan fingerprint density at radius 2 is 1.48 bits per heavy atom. The molecular weight excluding hydrogens is 374 g/mol. The molecule has 1 heterocycles. The molecule has 7 nitrogen and oxygen atoms in total. The minimum absolute atomic E-state index is 0.132. The van der Waals surface area contributed by atoms with Gasteiger partial charge in [0.15, 0.2) is 11.5 Å². The topological polar surface area (TPSA) is 105 Å². The summed E-state index contributed by atoms with van der Waals surface area (Å²) in [5.41, 5.74) is 1.59. The van der Waals surface area contributed by atoms with E-state index in [1.807, 2.05) is 50.2 Å². The van der Waals surface area contributed by atoms with Crippen molar-refractivity contribution in [3.8, 4) is 11.5 Å². The Morgan fingerprint density at radius 3 is 1.97 bits per heavy atom. The highest BCUT2D eigenvalue weighted by Crippen LogP contribution is 2.39. The van der Waals surface area contributed by atoms with Gasteiger partial charge in [-0.1, -0.05) is 50.2 Å². The average molecular weight is 399 g/mol. The number of fused-ring (bicyclic) bond motifs is 1. The van der Waals surface area contributed by atoms with Crippen LogP contribution in [0.2, 0.25) is 0 Å². The Bertz CT molecular complexity index is 839. The minimum atomic E-state index is -1.08. The molecule has 0 spiro atoms. The molecule has 0 aromatic heterocycles. The van der Waals surface area contributed by atoms with E-state index in [0.29, 0.717) is 17.9 Å². The number of rotatable bonds is 9. The summed E-state index contributed by atoms with van der Waals surface area (Å²) in [4.78, 5) is 23.1. The van der Waals surface area contributed by atoms with Gasteiger partial charge in [0.2, 0.25) is 0 Å². The van der Waals surface area contributed by atoms with Crippen LogP contribution in [0.5, 0.6) is 11.5 Å². The van der Waals surface area contributed by atoms with Crippen molar-refractivity contribution in [3.63, 3.8) is 0 Å². The Morgan fingerprint density at radius 1 is 0.931 bits per heavy atom. The maximum Gasteiger partial charge on any atom is 0.321 e. The number of ether oxygens (including phenoxy) is 2. The van der Waals surface area contributed by atoms with Gasteiger partial charge in [-0.2, -0.15) is 0 Å². The molecule has 2 aromatic rings. The first kappa shape index (κ1) is 20.7. The van der Waals surface area contributed by atoms with Crippen LogP contribution in [0, 0.1) is 5.92 Å². The van der Waals surface area contributed by atoms with Crippen molar-refractivity contribution < 1.29 is 29.3 Å². The standard InChI is InChI=1S/C22H25NO6/c1-13(2)11-16(20(24)25)23-17(21(26)27)12-14-7-9-15(10-8-14)22-28-18-5-3-4-6-19(18)29-22/h3-10,13,16-17,22-23H,11-12H2,1-2H3,(H,24,25)(H,26,27). The molecule has 0 bridgehead atoms. The van der Waals surface area contributed by atoms with E-state index in [2.05, 4.69) is 5.32 Å². The molecule has 0 amide bonds. The van der Waals surface area contributed by atoms with Crippen molar-refractivity contribution in [2.24, 2.45) is 5.92 Å². The van der Waals surface area contributed by atoms with Gasteiger partial charge in [0.25, 0.3) is 6.29 Å². The Balaban J connectivity index is 1.65. The number of carbonyl (C=O) groups is 2. The van der Waals surface area contributed by atoms with Crippen LogP contribution in [-0.2, 0) is 16.0 Å². The van der Waals surface area contributed by atoms with Gasteiger partial charge in [-0.25, -0.2) is 0 Å². The lowest BCUT2D eigenvalue weighted by atomic mass is 10.00. The number of para-hydroxylation sites is 2. The molecule has 0 radical (unpaired) electrons. The van der Waals surface area contributed by atoms with Crippen LogP contribution in [0.3, 0.4) is 0 Å². The molecule has 1 aliphatic rings. The summed E-state index contributed by atoms with van der Waals surface area (Å²) in [6.45, 7) is 3.80. The first-order valence-corrected chi connectivity index (χ1v) is 9.56. The van der Waals surface area contributed by atoms with E-state index >= 15 is 0 Å². The van der Waals surface area contributed by atoms with Gasteiger partial charge in [-0.15, -0.1) is 0 Å². The smallest absolute Gasteiger partial charge is 0.321 e. The normalized spacial score (nSPS) is 15.3. The molecule has 3 N–H and O–H groups in total. The van der Waals surface area contributed by atoms with Crippen molar-refractivity contribution in [3.05, 3.63) is 59.7 Å². The molecule has 2 aromatic carbocycles. The molecule has 2 atom stereocenters. The van der Waals surface area contributed by atoms with Gasteiger partial charge in [0.05, 0.1) is 0 Å². The summed E-state index contributed by atoms with van der Waals surface area (Å²) in [6.07, 6.45) is -0.0173. The van der Waals surface area contributed by atoms with E-state index in [-0.39, 0.29) is 12.3 Å². The maximum atomic E-state index is 11.7. The summed E-state index contributed by atoms with van der Waals surface area (Å²) in [7, 11) is 0. The second-order valence-electron chi connectivity index (χ2n) is 7.54. The van der Waals surface area contributed by atoms with E-state index < -0.39 is 30.3 Å². The number of benzene rings is 2. The lowest BCUT2D eigenvalue weighted by molar-refractivity contribution is -0.142. The lowest BCUT2D eigenvalue weighted by Gasteiger charge is -2.22. The Kier molecular flexibility index (Phi) is 6.39. The van der Waals surface area contributed by atoms with Crippen LogP contribution in [0.25, 0.3) is 0 Å². The lowest BCUT2D eigenvalue weighted by Crippen LogP contribution is -2.48. The first-order valence-electron chi connectivity index (χ1n) is 9.56. The van der Waals surface area contributed by atoms with Crippen molar-refractivity contribution >= 4 is 11.9 Å². The third kappa shape index (κ3) is 5.26. The van der Waals surface area contributed by atoms with Crippen LogP contribution in [0.1, 0.15) is 37.7 Å². The quantitative estimate of drug-likeness (QED) is 0.594.